The van der Waals surface area contributed by atoms with E-state index >= 15 is 0 Å². The Balaban J connectivity index is 0.000000237. The molecule has 6 N–H and O–H groups in total. The number of halogens is 3. The van der Waals surface area contributed by atoms with Crippen LogP contribution in [0.3, 0.4) is 0 Å². The van der Waals surface area contributed by atoms with Crippen molar-refractivity contribution >= 4 is 43.2 Å². The average Bonchev–Trinajstić information content (AvgIpc) is 3.56. The molecule has 5 rings (SSSR count). The molecule has 1 heterocycles. The predicted molar refractivity (Wildman–Crippen MR) is 187 cm³/mol. The molecule has 0 radical (unpaired) electrons. The van der Waals surface area contributed by atoms with Crippen molar-refractivity contribution in [2.24, 2.45) is 7.05 Å². The van der Waals surface area contributed by atoms with Gasteiger partial charge in [-0.3, -0.25) is 29.4 Å². The highest BCUT2D eigenvalue weighted by molar-refractivity contribution is 7.93. The van der Waals surface area contributed by atoms with E-state index in [9.17, 15) is 39.6 Å². The molecule has 53 heavy (non-hydrogen) atoms. The van der Waals surface area contributed by atoms with Crippen LogP contribution in [0, 0.1) is 0 Å². The summed E-state index contributed by atoms with van der Waals surface area (Å²) >= 11 is 0. The van der Waals surface area contributed by atoms with Gasteiger partial charge in [0.15, 0.2) is 10.8 Å². The molecule has 5 aromatic rings. The number of hydrogen-bond donors (Lipinski definition) is 6. The molecule has 0 aliphatic rings. The number of imidazole rings is 1. The van der Waals surface area contributed by atoms with Gasteiger partial charge in [0, 0.05) is 24.6 Å². The van der Waals surface area contributed by atoms with E-state index in [1.165, 1.54) is 41.4 Å². The molecule has 1 aromatic heterocycles. The number of anilines is 2. The van der Waals surface area contributed by atoms with E-state index in [0.717, 1.165) is 0 Å². The highest BCUT2D eigenvalue weighted by Crippen LogP contribution is 2.29. The van der Waals surface area contributed by atoms with Gasteiger partial charge in [-0.1, -0.05) is 84.9 Å². The molecule has 2 unspecified atom stereocenters. The van der Waals surface area contributed by atoms with Crippen LogP contribution in [0.2, 0.25) is 0 Å². The number of benzene rings is 4. The number of sulfonamides is 2. The summed E-state index contributed by atoms with van der Waals surface area (Å²) in [6.07, 6.45) is -2.08. The summed E-state index contributed by atoms with van der Waals surface area (Å²) in [6.45, 7) is 0. The Bertz CT molecular complexity index is 2220. The zero-order chi connectivity index (χ0) is 38.8. The third kappa shape index (κ3) is 11.4. The van der Waals surface area contributed by atoms with Gasteiger partial charge in [0.25, 0.3) is 21.8 Å². The van der Waals surface area contributed by atoms with Crippen molar-refractivity contribution < 1.29 is 50.0 Å². The molecule has 0 saturated heterocycles. The minimum atomic E-state index is -4.86. The maximum Gasteiger partial charge on any atom is 0.404 e. The van der Waals surface area contributed by atoms with Gasteiger partial charge >= 0.3 is 6.18 Å². The van der Waals surface area contributed by atoms with Crippen molar-refractivity contribution in [3.05, 3.63) is 144 Å². The molecular formula is C34H33F3N6O8S2. The highest BCUT2D eigenvalue weighted by Gasteiger charge is 2.35. The summed E-state index contributed by atoms with van der Waals surface area (Å²) in [5.74, 6) is -4.99. The monoisotopic (exact) mass is 774 g/mol. The third-order valence-corrected chi connectivity index (χ3v) is 9.83. The van der Waals surface area contributed by atoms with E-state index in [-0.39, 0.29) is 16.4 Å². The van der Waals surface area contributed by atoms with E-state index in [1.807, 2.05) is 10.8 Å². The Labute approximate surface area is 302 Å². The zero-order valence-corrected chi connectivity index (χ0v) is 29.2. The van der Waals surface area contributed by atoms with Crippen LogP contribution in [-0.2, 0) is 36.7 Å². The SMILES string of the molecule is Cn1cnc(S(=O)(=O)Nc2cccc(C(C(=O)NO)c3ccccc3)c2)c1.O=C(NO)C(c1ccccc1)c1ccc(NS(=O)(=O)CC(F)(F)F)cc1. The maximum atomic E-state index is 12.4. The lowest BCUT2D eigenvalue weighted by Crippen LogP contribution is -2.28. The minimum absolute atomic E-state index is 0.0748. The Morgan fingerprint density at radius 2 is 1.19 bits per heavy atom. The molecule has 2 amide bonds. The summed E-state index contributed by atoms with van der Waals surface area (Å²) in [4.78, 5) is 28.1. The van der Waals surface area contributed by atoms with Crippen LogP contribution in [0.5, 0.6) is 0 Å². The normalized spacial score (nSPS) is 12.7. The Morgan fingerprint density at radius 1 is 0.698 bits per heavy atom. The minimum Gasteiger partial charge on any atom is -0.339 e. The largest absolute Gasteiger partial charge is 0.404 e. The van der Waals surface area contributed by atoms with Crippen LogP contribution in [0.4, 0.5) is 24.5 Å². The lowest BCUT2D eigenvalue weighted by atomic mass is 9.90. The number of nitrogens with one attached hydrogen (secondary N) is 4. The molecule has 0 saturated carbocycles. The van der Waals surface area contributed by atoms with Gasteiger partial charge in [0.05, 0.1) is 18.2 Å². The van der Waals surface area contributed by atoms with Crippen molar-refractivity contribution in [1.82, 2.24) is 20.5 Å². The number of hydroxylamine groups is 2. The first-order valence-corrected chi connectivity index (χ1v) is 18.4. The summed E-state index contributed by atoms with van der Waals surface area (Å²) < 4.78 is 90.4. The summed E-state index contributed by atoms with van der Waals surface area (Å²) in [7, 11) is -6.78. The van der Waals surface area contributed by atoms with Crippen molar-refractivity contribution in [2.75, 3.05) is 15.2 Å². The summed E-state index contributed by atoms with van der Waals surface area (Å²) in [5, 5.41) is 18.0. The molecule has 4 aromatic carbocycles. The van der Waals surface area contributed by atoms with Gasteiger partial charge in [-0.2, -0.15) is 21.6 Å². The Hall–Kier alpha value is -5.76. The van der Waals surface area contributed by atoms with Crippen molar-refractivity contribution in [3.63, 3.8) is 0 Å². The number of amides is 2. The van der Waals surface area contributed by atoms with Crippen LogP contribution < -0.4 is 20.4 Å². The van der Waals surface area contributed by atoms with E-state index < -0.39 is 55.6 Å². The fourth-order valence-electron chi connectivity index (χ4n) is 5.10. The van der Waals surface area contributed by atoms with Crippen molar-refractivity contribution in [3.8, 4) is 0 Å². The summed E-state index contributed by atoms with van der Waals surface area (Å²) in [6, 6.07) is 29.1. The van der Waals surface area contributed by atoms with Gasteiger partial charge < -0.3 is 4.57 Å². The van der Waals surface area contributed by atoms with Crippen molar-refractivity contribution in [2.45, 2.75) is 23.0 Å². The molecule has 0 aliphatic carbocycles. The third-order valence-electron chi connectivity index (χ3n) is 7.31. The number of aryl methyl sites for hydroxylation is 1. The first-order valence-electron chi connectivity index (χ1n) is 15.3. The topological polar surface area (TPSA) is 209 Å². The molecule has 0 spiro atoms. The quantitative estimate of drug-likeness (QED) is 0.0779. The number of carbonyl (C=O) groups is 2. The average molecular weight is 775 g/mol. The number of rotatable bonds is 12. The lowest BCUT2D eigenvalue weighted by Gasteiger charge is -2.17. The first kappa shape index (κ1) is 40.0. The van der Waals surface area contributed by atoms with Gasteiger partial charge in [-0.05, 0) is 46.5 Å². The smallest absolute Gasteiger partial charge is 0.339 e. The zero-order valence-electron chi connectivity index (χ0n) is 27.6. The molecule has 14 nitrogen and oxygen atoms in total. The molecular weight excluding hydrogens is 742 g/mol. The number of aromatic nitrogens is 2. The van der Waals surface area contributed by atoms with Crippen LogP contribution in [0.1, 0.15) is 34.1 Å². The maximum absolute atomic E-state index is 12.4. The molecule has 280 valence electrons. The van der Waals surface area contributed by atoms with E-state index in [4.69, 9.17) is 10.4 Å². The molecule has 19 heteroatoms. The highest BCUT2D eigenvalue weighted by atomic mass is 32.2. The van der Waals surface area contributed by atoms with E-state index in [1.54, 1.807) is 96.9 Å². The van der Waals surface area contributed by atoms with Crippen LogP contribution in [0.25, 0.3) is 0 Å². The van der Waals surface area contributed by atoms with Crippen molar-refractivity contribution in [1.29, 1.82) is 0 Å². The molecule has 0 fully saturated rings. The molecule has 0 aliphatic heterocycles. The van der Waals surface area contributed by atoms with Crippen LogP contribution in [-0.4, -0.2) is 60.5 Å². The lowest BCUT2D eigenvalue weighted by molar-refractivity contribution is -0.130. The van der Waals surface area contributed by atoms with Gasteiger partial charge in [-0.25, -0.2) is 24.4 Å². The predicted octanol–water partition coefficient (Wildman–Crippen LogP) is 4.49. The standard InChI is InChI=1S/C18H18N4O4S.C16H15F3N2O4S/c1-22-11-16(19-12-22)27(25,26)21-15-9-5-8-14(10-15)17(18(23)20-24)13-6-3-2-4-7-13;17-16(18,19)10-26(24,25)21-13-8-6-12(7-9-13)14(15(22)20-23)11-4-2-1-3-5-11/h2-12,17,21,24H,1H3,(H,20,23);1-9,14,21,23H,10H2,(H,20,22). The molecule has 0 bridgehead atoms. The Kier molecular flexibility index (Phi) is 13.0. The number of hydrogen-bond acceptors (Lipinski definition) is 9. The number of nitrogens with zero attached hydrogens (tertiary/aromatic N) is 2. The number of carbonyl (C=O) groups excluding carboxylic acids is 2. The second-order valence-electron chi connectivity index (χ2n) is 11.3. The van der Waals surface area contributed by atoms with Crippen LogP contribution in [0.15, 0.2) is 127 Å². The van der Waals surface area contributed by atoms with Gasteiger partial charge in [0.1, 0.15) is 0 Å². The fraction of sp³-hybridized carbons (Fsp3) is 0.147. The van der Waals surface area contributed by atoms with E-state index in [0.29, 0.717) is 22.3 Å². The van der Waals surface area contributed by atoms with Gasteiger partial charge in [0.2, 0.25) is 10.0 Å². The Morgan fingerprint density at radius 3 is 1.66 bits per heavy atom. The molecule has 2 atom stereocenters. The van der Waals surface area contributed by atoms with Crippen LogP contribution >= 0.6 is 0 Å². The number of alkyl halides is 3. The summed E-state index contributed by atoms with van der Waals surface area (Å²) in [5.41, 5.74) is 5.62. The fourth-order valence-corrected chi connectivity index (χ4v) is 7.13. The second-order valence-corrected chi connectivity index (χ2v) is 14.7. The van der Waals surface area contributed by atoms with Gasteiger partial charge in [-0.15, -0.1) is 0 Å². The first-order chi connectivity index (χ1) is 25.0. The second kappa shape index (κ2) is 17.2. The van der Waals surface area contributed by atoms with E-state index in [2.05, 4.69) is 9.71 Å².